The van der Waals surface area contributed by atoms with Crippen LogP contribution in [0.2, 0.25) is 0 Å². The number of aryl methyl sites for hydroxylation is 1. The Morgan fingerprint density at radius 1 is 1.10 bits per heavy atom. The Bertz CT molecular complexity index is 927. The zero-order valence-corrected chi connectivity index (χ0v) is 19.0. The van der Waals surface area contributed by atoms with E-state index in [4.69, 9.17) is 4.74 Å². The van der Waals surface area contributed by atoms with E-state index in [9.17, 15) is 13.2 Å². The molecule has 6 nitrogen and oxygen atoms in total. The summed E-state index contributed by atoms with van der Waals surface area (Å²) in [6.07, 6.45) is 1.10. The number of hydrogen-bond acceptors (Lipinski definition) is 4. The molecule has 0 heterocycles. The van der Waals surface area contributed by atoms with Crippen LogP contribution in [-0.4, -0.2) is 33.5 Å². The van der Waals surface area contributed by atoms with Gasteiger partial charge in [-0.15, -0.1) is 0 Å². The lowest BCUT2D eigenvalue weighted by Gasteiger charge is -2.19. The molecule has 0 saturated carbocycles. The Kier molecular flexibility index (Phi) is 8.87. The second kappa shape index (κ2) is 11.1. The molecule has 30 heavy (non-hydrogen) atoms. The monoisotopic (exact) mass is 432 g/mol. The number of benzene rings is 2. The van der Waals surface area contributed by atoms with Gasteiger partial charge in [0.2, 0.25) is 15.9 Å². The number of hydrogen-bond donors (Lipinski definition) is 2. The number of amides is 1. The van der Waals surface area contributed by atoms with Crippen LogP contribution in [0.15, 0.2) is 53.4 Å². The number of nitrogens with one attached hydrogen (secondary N) is 2. The van der Waals surface area contributed by atoms with Gasteiger partial charge >= 0.3 is 0 Å². The van der Waals surface area contributed by atoms with Crippen molar-refractivity contribution >= 4 is 15.9 Å². The molecule has 0 aliphatic heterocycles. The molecule has 0 fully saturated rings. The molecular weight excluding hydrogens is 400 g/mol. The first-order valence-corrected chi connectivity index (χ1v) is 11.8. The van der Waals surface area contributed by atoms with E-state index in [1.807, 2.05) is 37.3 Å². The van der Waals surface area contributed by atoms with Gasteiger partial charge in [-0.05, 0) is 61.9 Å². The summed E-state index contributed by atoms with van der Waals surface area (Å²) in [4.78, 5) is 12.9. The minimum Gasteiger partial charge on any atom is -0.494 e. The molecule has 0 radical (unpaired) electrons. The Morgan fingerprint density at radius 3 is 2.40 bits per heavy atom. The lowest BCUT2D eigenvalue weighted by molar-refractivity contribution is -0.122. The van der Waals surface area contributed by atoms with E-state index in [-0.39, 0.29) is 17.2 Å². The zero-order valence-electron chi connectivity index (χ0n) is 18.1. The predicted octanol–water partition coefficient (Wildman–Crippen LogP) is 3.45. The van der Waals surface area contributed by atoms with Gasteiger partial charge < -0.3 is 10.1 Å². The van der Waals surface area contributed by atoms with Gasteiger partial charge in [0.1, 0.15) is 11.8 Å². The average Bonchev–Trinajstić information content (AvgIpc) is 2.69. The summed E-state index contributed by atoms with van der Waals surface area (Å²) in [5.74, 6) is 0.760. The van der Waals surface area contributed by atoms with Gasteiger partial charge in [0.05, 0.1) is 11.5 Å². The summed E-state index contributed by atoms with van der Waals surface area (Å²) >= 11 is 0. The summed E-state index contributed by atoms with van der Waals surface area (Å²) in [5, 5.41) is 2.86. The lowest BCUT2D eigenvalue weighted by atomic mass is 10.1. The molecule has 2 aromatic carbocycles. The Labute approximate surface area is 180 Å². The molecule has 1 unspecified atom stereocenters. The van der Waals surface area contributed by atoms with Gasteiger partial charge in [-0.2, -0.15) is 4.72 Å². The topological polar surface area (TPSA) is 84.5 Å². The third-order valence-corrected chi connectivity index (χ3v) is 6.14. The fraction of sp³-hybridized carbons (Fsp3) is 0.435. The molecule has 0 bridgehead atoms. The summed E-state index contributed by atoms with van der Waals surface area (Å²) < 4.78 is 34.1. The maximum Gasteiger partial charge on any atom is 0.241 e. The van der Waals surface area contributed by atoms with E-state index in [2.05, 4.69) is 23.9 Å². The molecule has 0 aromatic heterocycles. The average molecular weight is 433 g/mol. The van der Waals surface area contributed by atoms with Crippen molar-refractivity contribution in [2.75, 3.05) is 13.2 Å². The largest absolute Gasteiger partial charge is 0.494 e. The summed E-state index contributed by atoms with van der Waals surface area (Å²) in [7, 11) is -3.89. The van der Waals surface area contributed by atoms with Crippen molar-refractivity contribution in [1.82, 2.24) is 10.0 Å². The summed E-state index contributed by atoms with van der Waals surface area (Å²) in [6.45, 7) is 8.82. The standard InChI is InChI=1S/C23H32N2O4S/c1-5-29-22-12-11-20(15-18(22)4)30(27,28)25-21(16-19-9-7-6-8-10-19)23(26)24-14-13-17(2)3/h6-12,15,17,21,25H,5,13-14,16H2,1-4H3,(H,24,26). The van der Waals surface area contributed by atoms with Crippen molar-refractivity contribution in [3.05, 3.63) is 59.7 Å². The van der Waals surface area contributed by atoms with Gasteiger partial charge in [-0.3, -0.25) is 4.79 Å². The van der Waals surface area contributed by atoms with Gasteiger partial charge in [-0.1, -0.05) is 44.2 Å². The van der Waals surface area contributed by atoms with Crippen LogP contribution in [0.3, 0.4) is 0 Å². The van der Waals surface area contributed by atoms with E-state index in [0.29, 0.717) is 24.8 Å². The van der Waals surface area contributed by atoms with Crippen molar-refractivity contribution in [3.63, 3.8) is 0 Å². The van der Waals surface area contributed by atoms with Crippen LogP contribution >= 0.6 is 0 Å². The molecule has 2 aromatic rings. The highest BCUT2D eigenvalue weighted by atomic mass is 32.2. The highest BCUT2D eigenvalue weighted by Gasteiger charge is 2.26. The van der Waals surface area contributed by atoms with Crippen molar-refractivity contribution in [3.8, 4) is 5.75 Å². The van der Waals surface area contributed by atoms with Gasteiger partial charge in [-0.25, -0.2) is 8.42 Å². The fourth-order valence-electron chi connectivity index (χ4n) is 3.01. The number of sulfonamides is 1. The minimum absolute atomic E-state index is 0.108. The van der Waals surface area contributed by atoms with Gasteiger partial charge in [0.25, 0.3) is 0 Å². The quantitative estimate of drug-likeness (QED) is 0.570. The molecule has 0 spiro atoms. The Hall–Kier alpha value is -2.38. The van der Waals surface area contributed by atoms with Crippen LogP contribution in [0.5, 0.6) is 5.75 Å². The van der Waals surface area contributed by atoms with E-state index in [1.165, 1.54) is 6.07 Å². The molecule has 7 heteroatoms. The van der Waals surface area contributed by atoms with Crippen molar-refractivity contribution in [1.29, 1.82) is 0 Å². The third kappa shape index (κ3) is 7.15. The van der Waals surface area contributed by atoms with E-state index in [0.717, 1.165) is 17.5 Å². The van der Waals surface area contributed by atoms with Gasteiger partial charge in [0, 0.05) is 6.54 Å². The van der Waals surface area contributed by atoms with Crippen LogP contribution in [0.4, 0.5) is 0 Å². The molecule has 0 aliphatic rings. The van der Waals surface area contributed by atoms with Crippen molar-refractivity contribution in [2.24, 2.45) is 5.92 Å². The number of carbonyl (C=O) groups excluding carboxylic acids is 1. The predicted molar refractivity (Wildman–Crippen MR) is 119 cm³/mol. The van der Waals surface area contributed by atoms with Crippen LogP contribution in [0.25, 0.3) is 0 Å². The third-order valence-electron chi connectivity index (χ3n) is 4.67. The van der Waals surface area contributed by atoms with E-state index in [1.54, 1.807) is 19.1 Å². The summed E-state index contributed by atoms with van der Waals surface area (Å²) in [5.41, 5.74) is 1.60. The van der Waals surface area contributed by atoms with Crippen LogP contribution < -0.4 is 14.8 Å². The Balaban J connectivity index is 2.22. The number of rotatable bonds is 11. The normalized spacial score (nSPS) is 12.6. The molecule has 2 N–H and O–H groups in total. The highest BCUT2D eigenvalue weighted by molar-refractivity contribution is 7.89. The second-order valence-electron chi connectivity index (χ2n) is 7.70. The molecule has 1 atom stereocenters. The number of carbonyl (C=O) groups is 1. The Morgan fingerprint density at radius 2 is 1.80 bits per heavy atom. The smallest absolute Gasteiger partial charge is 0.241 e. The van der Waals surface area contributed by atoms with E-state index >= 15 is 0 Å². The van der Waals surface area contributed by atoms with Crippen LogP contribution in [-0.2, 0) is 21.2 Å². The molecule has 1 amide bonds. The maximum absolute atomic E-state index is 13.0. The molecule has 164 valence electrons. The maximum atomic E-state index is 13.0. The molecular formula is C23H32N2O4S. The van der Waals surface area contributed by atoms with Crippen molar-refractivity contribution in [2.45, 2.75) is 51.5 Å². The first kappa shape index (κ1) is 23.9. The molecule has 0 aliphatic carbocycles. The van der Waals surface area contributed by atoms with Crippen LogP contribution in [0, 0.1) is 12.8 Å². The molecule has 0 saturated heterocycles. The first-order valence-electron chi connectivity index (χ1n) is 10.3. The molecule has 2 rings (SSSR count). The number of ether oxygens (including phenoxy) is 1. The first-order chi connectivity index (χ1) is 14.2. The SMILES string of the molecule is CCOc1ccc(S(=O)(=O)NC(Cc2ccccc2)C(=O)NCCC(C)C)cc1C. The minimum atomic E-state index is -3.89. The highest BCUT2D eigenvalue weighted by Crippen LogP contribution is 2.22. The van der Waals surface area contributed by atoms with Crippen LogP contribution in [0.1, 0.15) is 38.3 Å². The summed E-state index contributed by atoms with van der Waals surface area (Å²) in [6, 6.07) is 13.2. The second-order valence-corrected chi connectivity index (χ2v) is 9.41. The van der Waals surface area contributed by atoms with Gasteiger partial charge in [0.15, 0.2) is 0 Å². The zero-order chi connectivity index (χ0) is 22.1. The van der Waals surface area contributed by atoms with Crippen molar-refractivity contribution < 1.29 is 17.9 Å². The van der Waals surface area contributed by atoms with E-state index < -0.39 is 16.1 Å². The fourth-order valence-corrected chi connectivity index (χ4v) is 4.29. The lowest BCUT2D eigenvalue weighted by Crippen LogP contribution is -2.48.